The van der Waals surface area contributed by atoms with Gasteiger partial charge in [-0.1, -0.05) is 36.4 Å². The van der Waals surface area contributed by atoms with E-state index in [1.165, 1.54) is 11.9 Å². The van der Waals surface area contributed by atoms with E-state index in [0.717, 1.165) is 5.01 Å². The van der Waals surface area contributed by atoms with E-state index < -0.39 is 40.8 Å². The van der Waals surface area contributed by atoms with E-state index in [9.17, 15) is 19.2 Å². The van der Waals surface area contributed by atoms with Crippen molar-refractivity contribution in [3.63, 3.8) is 0 Å². The third-order valence-corrected chi connectivity index (χ3v) is 6.37. The monoisotopic (exact) mass is 474 g/mol. The Morgan fingerprint density at radius 3 is 2.00 bits per heavy atom. The normalized spacial score (nSPS) is 22.7. The lowest BCUT2D eigenvalue weighted by Gasteiger charge is -2.37. The first-order chi connectivity index (χ1) is 16.7. The number of rotatable bonds is 7. The molecular formula is C26H26N4O5. The molecule has 2 amide bonds. The number of carbonyl (C=O) groups excluding carboxylic acids is 4. The highest BCUT2D eigenvalue weighted by atomic mass is 16.5. The highest BCUT2D eigenvalue weighted by Crippen LogP contribution is 2.49. The zero-order valence-electron chi connectivity index (χ0n) is 20.0. The van der Waals surface area contributed by atoms with Crippen LogP contribution >= 0.6 is 0 Å². The molecule has 0 N–H and O–H groups in total. The summed E-state index contributed by atoms with van der Waals surface area (Å²) >= 11 is 0. The van der Waals surface area contributed by atoms with Crippen molar-refractivity contribution in [2.45, 2.75) is 27.7 Å². The number of esters is 1. The van der Waals surface area contributed by atoms with Crippen LogP contribution in [0.25, 0.3) is 0 Å². The lowest BCUT2D eigenvalue weighted by molar-refractivity contribution is -0.159. The van der Waals surface area contributed by atoms with Gasteiger partial charge in [-0.3, -0.25) is 19.2 Å². The van der Waals surface area contributed by atoms with Gasteiger partial charge in [0.25, 0.3) is 11.8 Å². The molecule has 0 aromatic heterocycles. The second-order valence-electron chi connectivity index (χ2n) is 8.46. The second kappa shape index (κ2) is 9.25. The van der Waals surface area contributed by atoms with Crippen molar-refractivity contribution in [1.29, 1.82) is 0 Å². The third-order valence-electron chi connectivity index (χ3n) is 6.37. The van der Waals surface area contributed by atoms with Crippen LogP contribution in [0.2, 0.25) is 0 Å². The van der Waals surface area contributed by atoms with Crippen LogP contribution in [-0.4, -0.2) is 41.6 Å². The molecule has 2 aliphatic rings. The predicted octanol–water partition coefficient (Wildman–Crippen LogP) is 3.20. The third kappa shape index (κ3) is 3.73. The van der Waals surface area contributed by atoms with E-state index in [2.05, 4.69) is 10.2 Å². The molecule has 9 nitrogen and oxygen atoms in total. The molecule has 9 heteroatoms. The zero-order chi connectivity index (χ0) is 25.3. The molecule has 0 saturated carbocycles. The molecule has 0 radical (unpaired) electrons. The lowest BCUT2D eigenvalue weighted by atomic mass is 9.60. The topological polar surface area (TPSA) is 109 Å². The van der Waals surface area contributed by atoms with Gasteiger partial charge in [0.1, 0.15) is 23.0 Å². The molecule has 2 aromatic carbocycles. The minimum Gasteiger partial charge on any atom is -0.465 e. The van der Waals surface area contributed by atoms with Crippen molar-refractivity contribution < 1.29 is 23.9 Å². The average Bonchev–Trinajstić information content (AvgIpc) is 3.28. The fourth-order valence-electron chi connectivity index (χ4n) is 4.93. The van der Waals surface area contributed by atoms with Crippen LogP contribution in [0.3, 0.4) is 0 Å². The molecule has 4 rings (SSSR count). The molecule has 2 aliphatic heterocycles. The van der Waals surface area contributed by atoms with Gasteiger partial charge < -0.3 is 4.74 Å². The number of Topliss-reactive ketones (excluding diaryl/α,β-unsaturated/α-hetero) is 1. The molecular weight excluding hydrogens is 448 g/mol. The number of hydrogen-bond donors (Lipinski definition) is 0. The quantitative estimate of drug-likeness (QED) is 0.452. The number of anilines is 2. The van der Waals surface area contributed by atoms with Crippen molar-refractivity contribution in [2.75, 3.05) is 16.6 Å². The van der Waals surface area contributed by atoms with E-state index in [1.54, 1.807) is 81.4 Å². The Kier molecular flexibility index (Phi) is 6.34. The smallest absolute Gasteiger partial charge is 0.318 e. The molecule has 2 aromatic rings. The van der Waals surface area contributed by atoms with E-state index in [1.807, 2.05) is 0 Å². The Balaban J connectivity index is 1.92. The van der Waals surface area contributed by atoms with Crippen LogP contribution < -0.4 is 10.0 Å². The van der Waals surface area contributed by atoms with Crippen LogP contribution in [0, 0.1) is 17.3 Å². The number of para-hydroxylation sites is 2. The van der Waals surface area contributed by atoms with Crippen LogP contribution in [-0.2, 0) is 23.9 Å². The van der Waals surface area contributed by atoms with Crippen LogP contribution in [0.4, 0.5) is 11.4 Å². The first-order valence-electron chi connectivity index (χ1n) is 11.3. The summed E-state index contributed by atoms with van der Waals surface area (Å²) in [6.07, 6.45) is 0. The summed E-state index contributed by atoms with van der Waals surface area (Å²) in [5.74, 6) is -5.47. The van der Waals surface area contributed by atoms with Crippen molar-refractivity contribution in [3.05, 3.63) is 60.7 Å². The number of benzene rings is 2. The maximum Gasteiger partial charge on any atom is 0.318 e. The van der Waals surface area contributed by atoms with Crippen molar-refractivity contribution in [3.8, 4) is 0 Å². The number of ether oxygens (including phenoxy) is 1. The van der Waals surface area contributed by atoms with Crippen LogP contribution in [0.5, 0.6) is 0 Å². The molecule has 0 spiro atoms. The molecule has 0 fully saturated rings. The molecule has 3 atom stereocenters. The van der Waals surface area contributed by atoms with Gasteiger partial charge in [-0.2, -0.15) is 15.2 Å². The average molecular weight is 475 g/mol. The maximum atomic E-state index is 14.2. The fraction of sp³-hybridized carbons (Fsp3) is 0.308. The predicted molar refractivity (Wildman–Crippen MR) is 131 cm³/mol. The Morgan fingerprint density at radius 1 is 0.943 bits per heavy atom. The summed E-state index contributed by atoms with van der Waals surface area (Å²) in [5.41, 5.74) is -0.508. The zero-order valence-corrected chi connectivity index (χ0v) is 20.0. The summed E-state index contributed by atoms with van der Waals surface area (Å²) in [6.45, 7) is 6.01. The van der Waals surface area contributed by atoms with Crippen molar-refractivity contribution >= 4 is 46.4 Å². The highest BCUT2D eigenvalue weighted by Gasteiger charge is 2.68. The lowest BCUT2D eigenvalue weighted by Crippen LogP contribution is -2.59. The van der Waals surface area contributed by atoms with Gasteiger partial charge in [-0.15, -0.1) is 0 Å². The van der Waals surface area contributed by atoms with Crippen molar-refractivity contribution in [2.24, 2.45) is 27.5 Å². The number of nitrogens with zero attached hydrogens (tertiary/aromatic N) is 4. The Morgan fingerprint density at radius 2 is 1.49 bits per heavy atom. The first-order valence-corrected chi connectivity index (χ1v) is 11.3. The fourth-order valence-corrected chi connectivity index (χ4v) is 4.93. The molecule has 0 bridgehead atoms. The number of hydrogen-bond acceptors (Lipinski definition) is 7. The molecule has 180 valence electrons. The minimum atomic E-state index is -1.93. The Labute approximate surface area is 203 Å². The van der Waals surface area contributed by atoms with Gasteiger partial charge >= 0.3 is 5.97 Å². The van der Waals surface area contributed by atoms with E-state index in [-0.39, 0.29) is 12.3 Å². The first kappa shape index (κ1) is 24.0. The number of amides is 2. The van der Waals surface area contributed by atoms with Gasteiger partial charge in [0.15, 0.2) is 0 Å². The Bertz CT molecular complexity index is 1240. The molecule has 35 heavy (non-hydrogen) atoms. The maximum absolute atomic E-state index is 14.2. The molecule has 0 saturated heterocycles. The molecule has 0 aliphatic carbocycles. The van der Waals surface area contributed by atoms with Gasteiger partial charge in [-0.05, 0) is 52.0 Å². The Hall–Kier alpha value is -4.14. The number of carbonyl (C=O) groups is 4. The summed E-state index contributed by atoms with van der Waals surface area (Å²) in [4.78, 5) is 54.3. The van der Waals surface area contributed by atoms with E-state index >= 15 is 0 Å². The van der Waals surface area contributed by atoms with Gasteiger partial charge in [0.05, 0.1) is 23.7 Å². The summed E-state index contributed by atoms with van der Waals surface area (Å²) < 4.78 is 5.23. The summed E-state index contributed by atoms with van der Waals surface area (Å²) in [5, 5.41) is 11.3. The number of ketones is 1. The van der Waals surface area contributed by atoms with Crippen LogP contribution in [0.1, 0.15) is 27.7 Å². The van der Waals surface area contributed by atoms with Crippen LogP contribution in [0.15, 0.2) is 70.9 Å². The minimum absolute atomic E-state index is 0.00724. The van der Waals surface area contributed by atoms with Gasteiger partial charge in [-0.25, -0.2) is 5.01 Å². The van der Waals surface area contributed by atoms with Gasteiger partial charge in [0, 0.05) is 5.71 Å². The SMILES string of the molecule is CCOC(=O)[C@H](C(C)=O)[C@]1([C@@H]2C(=O)N(c3ccccc3)N=C2C)C(=O)N(c2ccccc2)N=C1C. The molecule has 2 heterocycles. The summed E-state index contributed by atoms with van der Waals surface area (Å²) in [6, 6.07) is 17.4. The number of hydrazone groups is 2. The van der Waals surface area contributed by atoms with Crippen molar-refractivity contribution in [1.82, 2.24) is 0 Å². The second-order valence-corrected chi connectivity index (χ2v) is 8.46. The largest absolute Gasteiger partial charge is 0.465 e. The standard InChI is InChI=1S/C26H26N4O5/c1-5-35-24(33)22(17(3)31)26(18(4)28-30(25(26)34)20-14-10-7-11-15-20)21-16(2)27-29(23(21)32)19-12-8-6-9-13-19/h6-15,21-22H,5H2,1-4H3/t21-,22-,26-/m0/s1. The molecule has 0 unspecified atom stereocenters. The summed E-state index contributed by atoms with van der Waals surface area (Å²) in [7, 11) is 0. The van der Waals surface area contributed by atoms with E-state index in [0.29, 0.717) is 17.1 Å². The van der Waals surface area contributed by atoms with Gasteiger partial charge in [0.2, 0.25) is 0 Å². The van der Waals surface area contributed by atoms with E-state index in [4.69, 9.17) is 4.74 Å². The highest BCUT2D eigenvalue weighted by molar-refractivity contribution is 6.31.